The third-order valence-electron chi connectivity index (χ3n) is 5.57. The number of anilines is 2. The molecule has 1 aromatic rings. The number of nitriles is 1. The number of nitrogens with zero attached hydrogens (tertiary/aromatic N) is 3. The Morgan fingerprint density at radius 3 is 2.50 bits per heavy atom. The second-order valence-corrected chi connectivity index (χ2v) is 7.12. The van der Waals surface area contributed by atoms with Crippen molar-refractivity contribution in [2.24, 2.45) is 0 Å². The molecule has 3 heterocycles. The summed E-state index contributed by atoms with van der Waals surface area (Å²) in [5, 5.41) is 9.90. The zero-order valence-electron chi connectivity index (χ0n) is 15.4. The molecule has 1 atom stereocenters. The van der Waals surface area contributed by atoms with Crippen LogP contribution in [0.4, 0.5) is 11.6 Å². The van der Waals surface area contributed by atoms with Gasteiger partial charge >= 0.3 is 0 Å². The Hall–Kier alpha value is -1.80. The van der Waals surface area contributed by atoms with Crippen LogP contribution in [0.3, 0.4) is 0 Å². The number of aromatic amines is 1. The molecule has 2 N–H and O–H groups in total. The lowest BCUT2D eigenvalue weighted by Gasteiger charge is -2.30. The van der Waals surface area contributed by atoms with Crippen molar-refractivity contribution < 1.29 is 9.88 Å². The number of pyridine rings is 1. The molecule has 0 saturated carbocycles. The first-order valence-electron chi connectivity index (χ1n) is 9.51. The van der Waals surface area contributed by atoms with E-state index < -0.39 is 0 Å². The molecule has 2 aliphatic rings. The van der Waals surface area contributed by atoms with Gasteiger partial charge in [-0.2, -0.15) is 5.26 Å². The van der Waals surface area contributed by atoms with Crippen molar-refractivity contribution in [2.45, 2.75) is 46.1 Å². The molecule has 0 spiro atoms. The van der Waals surface area contributed by atoms with Crippen molar-refractivity contribution in [2.75, 3.05) is 49.6 Å². The molecule has 24 heavy (non-hydrogen) atoms. The van der Waals surface area contributed by atoms with Crippen molar-refractivity contribution in [3.05, 3.63) is 16.7 Å². The number of fused-ring (bicyclic) bond motifs is 1. The Balaban J connectivity index is 2.15. The van der Waals surface area contributed by atoms with Gasteiger partial charge in [-0.25, -0.2) is 4.98 Å². The van der Waals surface area contributed by atoms with Gasteiger partial charge in [0.1, 0.15) is 18.2 Å². The van der Waals surface area contributed by atoms with Gasteiger partial charge < -0.3 is 4.90 Å². The summed E-state index contributed by atoms with van der Waals surface area (Å²) < 4.78 is 0. The molecule has 1 aromatic heterocycles. The lowest BCUT2D eigenvalue weighted by molar-refractivity contribution is -0.895. The molecule has 0 radical (unpaired) electrons. The number of nitrogens with one attached hydrogen (secondary N) is 2. The van der Waals surface area contributed by atoms with Crippen molar-refractivity contribution in [1.29, 1.82) is 5.26 Å². The van der Waals surface area contributed by atoms with Gasteiger partial charge in [0.05, 0.1) is 45.3 Å². The minimum absolute atomic E-state index is 0.898. The predicted molar refractivity (Wildman–Crippen MR) is 96.5 cm³/mol. The van der Waals surface area contributed by atoms with Gasteiger partial charge in [0.15, 0.2) is 0 Å². The van der Waals surface area contributed by atoms with E-state index in [1.54, 1.807) is 0 Å². The number of aromatic nitrogens is 1. The molecule has 2 aliphatic heterocycles. The highest BCUT2D eigenvalue weighted by molar-refractivity contribution is 5.62. The van der Waals surface area contributed by atoms with Gasteiger partial charge in [0.25, 0.3) is 0 Å². The monoisotopic (exact) mass is 329 g/mol. The lowest BCUT2D eigenvalue weighted by Crippen LogP contribution is -3.08. The normalized spacial score (nSPS) is 20.4. The van der Waals surface area contributed by atoms with E-state index >= 15 is 0 Å². The Labute approximate surface area is 145 Å². The summed E-state index contributed by atoms with van der Waals surface area (Å²) in [6.45, 7) is 10.6. The topological polar surface area (TPSA) is 48.9 Å². The van der Waals surface area contributed by atoms with E-state index in [-0.39, 0.29) is 0 Å². The van der Waals surface area contributed by atoms with E-state index in [2.05, 4.69) is 41.7 Å². The van der Waals surface area contributed by atoms with Crippen LogP contribution in [-0.2, 0) is 13.0 Å². The molecule has 5 nitrogen and oxygen atoms in total. The molecule has 3 rings (SSSR count). The zero-order valence-corrected chi connectivity index (χ0v) is 15.4. The molecular weight excluding hydrogens is 298 g/mol. The number of hydrogen-bond donors (Lipinski definition) is 1. The van der Waals surface area contributed by atoms with Crippen LogP contribution in [-0.4, -0.2) is 39.8 Å². The van der Waals surface area contributed by atoms with Crippen LogP contribution in [0.1, 0.15) is 49.8 Å². The second kappa shape index (κ2) is 7.40. The maximum absolute atomic E-state index is 9.90. The molecule has 1 unspecified atom stereocenters. The van der Waals surface area contributed by atoms with Gasteiger partial charge in [-0.15, -0.1) is 0 Å². The first-order chi connectivity index (χ1) is 11.7. The third-order valence-corrected chi connectivity index (χ3v) is 5.57. The fourth-order valence-electron chi connectivity index (χ4n) is 4.17. The zero-order chi connectivity index (χ0) is 17.1. The summed E-state index contributed by atoms with van der Waals surface area (Å²) in [6, 6.07) is 2.54. The summed E-state index contributed by atoms with van der Waals surface area (Å²) >= 11 is 0. The van der Waals surface area contributed by atoms with Gasteiger partial charge in [-0.3, -0.25) is 9.80 Å². The van der Waals surface area contributed by atoms with E-state index in [1.807, 2.05) is 0 Å². The average Bonchev–Trinajstić information content (AvgIpc) is 2.63. The van der Waals surface area contributed by atoms with Crippen molar-refractivity contribution in [3.8, 4) is 6.07 Å². The minimum atomic E-state index is 0.898. The maximum Gasteiger partial charge on any atom is 0.240 e. The Morgan fingerprint density at radius 2 is 1.88 bits per heavy atom. The quantitative estimate of drug-likeness (QED) is 0.888. The van der Waals surface area contributed by atoms with Crippen LogP contribution in [0, 0.1) is 11.3 Å². The van der Waals surface area contributed by atoms with Gasteiger partial charge in [-0.05, 0) is 38.7 Å². The minimum Gasteiger partial charge on any atom is -0.333 e. The van der Waals surface area contributed by atoms with E-state index in [1.165, 1.54) is 41.1 Å². The number of H-pyrrole nitrogens is 1. The Bertz CT molecular complexity index is 624. The lowest BCUT2D eigenvalue weighted by atomic mass is 9.95. The Morgan fingerprint density at radius 1 is 1.17 bits per heavy atom. The molecule has 0 amide bonds. The standard InChI is InChI=1S/C19H29N5/c1-4-23(5-2)19-17-14-22(3)12-9-15(17)16(13-20)18(21-19)24-10-7-6-8-11-24/h4-12,14H2,1-3H3/p+2. The van der Waals surface area contributed by atoms with Gasteiger partial charge in [-0.1, -0.05) is 0 Å². The summed E-state index contributed by atoms with van der Waals surface area (Å²) in [4.78, 5) is 10.0. The molecule has 5 heteroatoms. The molecule has 1 saturated heterocycles. The molecule has 0 aromatic carbocycles. The molecule has 1 fully saturated rings. The van der Waals surface area contributed by atoms with Gasteiger partial charge in [0.2, 0.25) is 11.6 Å². The highest BCUT2D eigenvalue weighted by atomic mass is 15.3. The van der Waals surface area contributed by atoms with Crippen LogP contribution >= 0.6 is 0 Å². The molecular formula is C19H31N5+2. The average molecular weight is 329 g/mol. The first kappa shape index (κ1) is 17.0. The van der Waals surface area contributed by atoms with E-state index in [4.69, 9.17) is 0 Å². The molecule has 0 bridgehead atoms. The number of hydrogen-bond acceptors (Lipinski definition) is 3. The number of piperidine rings is 1. The smallest absolute Gasteiger partial charge is 0.240 e. The third kappa shape index (κ3) is 3.08. The van der Waals surface area contributed by atoms with Crippen LogP contribution in [0.25, 0.3) is 0 Å². The summed E-state index contributed by atoms with van der Waals surface area (Å²) in [5.41, 5.74) is 3.55. The Kier molecular flexibility index (Phi) is 5.25. The maximum atomic E-state index is 9.90. The highest BCUT2D eigenvalue weighted by Crippen LogP contribution is 2.30. The van der Waals surface area contributed by atoms with Crippen molar-refractivity contribution >= 4 is 11.6 Å². The largest absolute Gasteiger partial charge is 0.333 e. The van der Waals surface area contributed by atoms with Crippen LogP contribution in [0.5, 0.6) is 0 Å². The van der Waals surface area contributed by atoms with Crippen LogP contribution < -0.4 is 19.7 Å². The predicted octanol–water partition coefficient (Wildman–Crippen LogP) is 0.780. The van der Waals surface area contributed by atoms with Crippen molar-refractivity contribution in [1.82, 2.24) is 0 Å². The molecule has 0 aliphatic carbocycles. The van der Waals surface area contributed by atoms with Crippen molar-refractivity contribution in [3.63, 3.8) is 0 Å². The number of likely N-dealkylation sites (N-methyl/N-ethyl adjacent to an activating group) is 1. The van der Waals surface area contributed by atoms with E-state index in [0.717, 1.165) is 57.1 Å². The fraction of sp³-hybridized carbons (Fsp3) is 0.684. The fourth-order valence-corrected chi connectivity index (χ4v) is 4.17. The second-order valence-electron chi connectivity index (χ2n) is 7.12. The SMILES string of the molecule is CCN(CC)c1[nH+]c(N2CCCCC2)c(C#N)c2c1C[NH+](C)CC2. The number of rotatable bonds is 4. The van der Waals surface area contributed by atoms with Gasteiger partial charge in [0, 0.05) is 6.42 Å². The first-order valence-corrected chi connectivity index (χ1v) is 9.51. The summed E-state index contributed by atoms with van der Waals surface area (Å²) in [5.74, 6) is 2.31. The summed E-state index contributed by atoms with van der Waals surface area (Å²) in [7, 11) is 2.25. The highest BCUT2D eigenvalue weighted by Gasteiger charge is 2.33. The summed E-state index contributed by atoms with van der Waals surface area (Å²) in [6.07, 6.45) is 4.76. The van der Waals surface area contributed by atoms with Crippen LogP contribution in [0.2, 0.25) is 0 Å². The van der Waals surface area contributed by atoms with E-state index in [0.29, 0.717) is 0 Å². The van der Waals surface area contributed by atoms with E-state index in [9.17, 15) is 5.26 Å². The van der Waals surface area contributed by atoms with Crippen LogP contribution in [0.15, 0.2) is 0 Å². The number of quaternary nitrogens is 1. The molecule has 130 valence electrons.